The summed E-state index contributed by atoms with van der Waals surface area (Å²) in [7, 11) is -0.821. The molecule has 0 saturated carbocycles. The summed E-state index contributed by atoms with van der Waals surface area (Å²) >= 11 is 6.26. The van der Waals surface area contributed by atoms with Gasteiger partial charge in [0.05, 0.1) is 36.9 Å². The summed E-state index contributed by atoms with van der Waals surface area (Å²) in [4.78, 5) is 8.65. The molecule has 0 atom stereocenters. The topological polar surface area (TPSA) is 94.0 Å². The highest BCUT2D eigenvalue weighted by Gasteiger charge is 2.17. The summed E-state index contributed by atoms with van der Waals surface area (Å²) in [5.74, 6) is 0.790. The van der Waals surface area contributed by atoms with Gasteiger partial charge in [-0.2, -0.15) is 10.1 Å². The molecule has 0 bridgehead atoms. The summed E-state index contributed by atoms with van der Waals surface area (Å²) in [6.45, 7) is 4.68. The lowest BCUT2D eigenvalue weighted by atomic mass is 10.3. The SMILES string of the molecule is COCCn1cc(Nc2ncc(Cl)c(Nc3ccccc3P(C)(C)=O)n2)cn1. The number of aromatic nitrogens is 4. The molecule has 2 aromatic heterocycles. The Balaban J connectivity index is 1.81. The number of hydrogen-bond acceptors (Lipinski definition) is 7. The molecule has 148 valence electrons. The van der Waals surface area contributed by atoms with Crippen molar-refractivity contribution in [3.8, 4) is 0 Å². The number of halogens is 1. The Morgan fingerprint density at radius 3 is 2.75 bits per heavy atom. The maximum atomic E-state index is 12.6. The number of ether oxygens (including phenoxy) is 1. The molecule has 0 fully saturated rings. The predicted molar refractivity (Wildman–Crippen MR) is 113 cm³/mol. The first-order chi connectivity index (χ1) is 13.4. The minimum Gasteiger partial charge on any atom is -0.383 e. The van der Waals surface area contributed by atoms with Crippen LogP contribution < -0.4 is 15.9 Å². The van der Waals surface area contributed by atoms with Crippen LogP contribution in [0.1, 0.15) is 0 Å². The minimum atomic E-state index is -2.47. The highest BCUT2D eigenvalue weighted by atomic mass is 35.5. The van der Waals surface area contributed by atoms with Crippen LogP contribution in [0.3, 0.4) is 0 Å². The third-order valence-corrected chi connectivity index (χ3v) is 5.72. The second kappa shape index (κ2) is 8.73. The molecule has 3 aromatic rings. The van der Waals surface area contributed by atoms with E-state index in [1.165, 1.54) is 6.20 Å². The van der Waals surface area contributed by atoms with Crippen molar-refractivity contribution in [3.63, 3.8) is 0 Å². The third-order valence-electron chi connectivity index (χ3n) is 3.90. The fraction of sp³-hybridized carbons (Fsp3) is 0.278. The summed E-state index contributed by atoms with van der Waals surface area (Å²) in [5.41, 5.74) is 1.45. The molecule has 0 aliphatic carbocycles. The highest BCUT2D eigenvalue weighted by Crippen LogP contribution is 2.38. The number of hydrogen-bond donors (Lipinski definition) is 2. The van der Waals surface area contributed by atoms with E-state index >= 15 is 0 Å². The Kier molecular flexibility index (Phi) is 6.34. The number of nitrogens with one attached hydrogen (secondary N) is 2. The lowest BCUT2D eigenvalue weighted by Gasteiger charge is -2.15. The Bertz CT molecular complexity index is 1000. The van der Waals surface area contributed by atoms with Gasteiger partial charge in [-0.25, -0.2) is 4.98 Å². The van der Waals surface area contributed by atoms with Crippen LogP contribution in [0, 0.1) is 0 Å². The van der Waals surface area contributed by atoms with E-state index in [1.54, 1.807) is 31.3 Å². The van der Waals surface area contributed by atoms with Crippen molar-refractivity contribution < 1.29 is 9.30 Å². The molecule has 2 heterocycles. The van der Waals surface area contributed by atoms with Crippen LogP contribution in [0.4, 0.5) is 23.1 Å². The molecule has 0 spiro atoms. The first kappa shape index (κ1) is 20.3. The van der Waals surface area contributed by atoms with E-state index in [0.29, 0.717) is 35.6 Å². The first-order valence-corrected chi connectivity index (χ1v) is 11.6. The Hall–Kier alpha value is -2.41. The zero-order chi connectivity index (χ0) is 20.1. The van der Waals surface area contributed by atoms with Crippen LogP contribution in [-0.4, -0.2) is 46.8 Å². The number of rotatable bonds is 8. The minimum absolute atomic E-state index is 0.359. The average Bonchev–Trinajstić information content (AvgIpc) is 3.09. The van der Waals surface area contributed by atoms with E-state index in [4.69, 9.17) is 16.3 Å². The predicted octanol–water partition coefficient (Wildman–Crippen LogP) is 3.71. The van der Waals surface area contributed by atoms with Gasteiger partial charge in [-0.3, -0.25) is 4.68 Å². The zero-order valence-electron chi connectivity index (χ0n) is 15.9. The second-order valence-electron chi connectivity index (χ2n) is 6.49. The van der Waals surface area contributed by atoms with Crippen molar-refractivity contribution in [2.75, 3.05) is 37.7 Å². The average molecular weight is 421 g/mol. The van der Waals surface area contributed by atoms with Gasteiger partial charge in [0, 0.05) is 18.6 Å². The molecular formula is C18H22ClN6O2P. The van der Waals surface area contributed by atoms with Crippen molar-refractivity contribution in [2.24, 2.45) is 0 Å². The highest BCUT2D eigenvalue weighted by molar-refractivity contribution is 7.70. The molecular weight excluding hydrogens is 399 g/mol. The van der Waals surface area contributed by atoms with E-state index in [0.717, 1.165) is 11.0 Å². The summed E-state index contributed by atoms with van der Waals surface area (Å²) in [6, 6.07) is 7.41. The molecule has 0 saturated heterocycles. The van der Waals surface area contributed by atoms with Crippen LogP contribution in [0.5, 0.6) is 0 Å². The number of para-hydroxylation sites is 1. The van der Waals surface area contributed by atoms with E-state index in [2.05, 4.69) is 25.7 Å². The van der Waals surface area contributed by atoms with E-state index in [-0.39, 0.29) is 0 Å². The van der Waals surface area contributed by atoms with Crippen LogP contribution in [0.15, 0.2) is 42.9 Å². The first-order valence-electron chi connectivity index (χ1n) is 8.59. The molecule has 0 aliphatic heterocycles. The van der Waals surface area contributed by atoms with Crippen LogP contribution >= 0.6 is 18.7 Å². The van der Waals surface area contributed by atoms with Gasteiger partial charge in [-0.15, -0.1) is 0 Å². The molecule has 10 heteroatoms. The van der Waals surface area contributed by atoms with E-state index in [1.807, 2.05) is 30.5 Å². The van der Waals surface area contributed by atoms with Gasteiger partial charge in [0.25, 0.3) is 0 Å². The largest absolute Gasteiger partial charge is 0.383 e. The van der Waals surface area contributed by atoms with E-state index < -0.39 is 7.14 Å². The normalized spacial score (nSPS) is 11.4. The van der Waals surface area contributed by atoms with Crippen LogP contribution in [-0.2, 0) is 15.8 Å². The summed E-state index contributed by atoms with van der Waals surface area (Å²) in [5, 5.41) is 11.6. The monoisotopic (exact) mass is 420 g/mol. The van der Waals surface area contributed by atoms with Crippen LogP contribution in [0.2, 0.25) is 5.02 Å². The maximum Gasteiger partial charge on any atom is 0.229 e. The van der Waals surface area contributed by atoms with Crippen molar-refractivity contribution in [1.29, 1.82) is 0 Å². The fourth-order valence-electron chi connectivity index (χ4n) is 2.56. The maximum absolute atomic E-state index is 12.6. The molecule has 2 N–H and O–H groups in total. The molecule has 0 unspecified atom stereocenters. The van der Waals surface area contributed by atoms with Gasteiger partial charge in [0.15, 0.2) is 5.82 Å². The quantitative estimate of drug-likeness (QED) is 0.536. The van der Waals surface area contributed by atoms with E-state index in [9.17, 15) is 4.57 Å². The van der Waals surface area contributed by atoms with Gasteiger partial charge >= 0.3 is 0 Å². The van der Waals surface area contributed by atoms with Crippen molar-refractivity contribution in [2.45, 2.75) is 6.54 Å². The number of benzene rings is 1. The van der Waals surface area contributed by atoms with Crippen molar-refractivity contribution >= 4 is 47.2 Å². The number of anilines is 4. The summed E-state index contributed by atoms with van der Waals surface area (Å²) < 4.78 is 19.4. The number of nitrogens with zero attached hydrogens (tertiary/aromatic N) is 4. The molecule has 3 rings (SSSR count). The van der Waals surface area contributed by atoms with Gasteiger partial charge in [-0.1, -0.05) is 23.7 Å². The van der Waals surface area contributed by atoms with Gasteiger partial charge < -0.3 is 19.9 Å². The van der Waals surface area contributed by atoms with Crippen LogP contribution in [0.25, 0.3) is 0 Å². The van der Waals surface area contributed by atoms with Gasteiger partial charge in [0.2, 0.25) is 5.95 Å². The van der Waals surface area contributed by atoms with Crippen molar-refractivity contribution in [1.82, 2.24) is 19.7 Å². The molecule has 0 radical (unpaired) electrons. The van der Waals surface area contributed by atoms with Gasteiger partial charge in [0.1, 0.15) is 12.2 Å². The molecule has 0 amide bonds. The van der Waals surface area contributed by atoms with Gasteiger partial charge in [-0.05, 0) is 25.5 Å². The Morgan fingerprint density at radius 1 is 1.21 bits per heavy atom. The molecule has 0 aliphatic rings. The van der Waals surface area contributed by atoms with Crippen molar-refractivity contribution in [3.05, 3.63) is 47.9 Å². The summed E-state index contributed by atoms with van der Waals surface area (Å²) in [6.07, 6.45) is 5.03. The zero-order valence-corrected chi connectivity index (χ0v) is 17.5. The lowest BCUT2D eigenvalue weighted by molar-refractivity contribution is 0.183. The smallest absolute Gasteiger partial charge is 0.229 e. The second-order valence-corrected chi connectivity index (χ2v) is 10.1. The molecule has 1 aromatic carbocycles. The lowest BCUT2D eigenvalue weighted by Crippen LogP contribution is -2.10. The molecule has 8 nitrogen and oxygen atoms in total. The number of methoxy groups -OCH3 is 1. The standard InChI is InChI=1S/C18H22ClN6O2P/c1-27-9-8-25-12-13(10-21-25)22-18-20-11-14(19)17(24-18)23-15-6-4-5-7-16(15)28(2,3)26/h4-7,10-12H,8-9H2,1-3H3,(H2,20,22,23,24). The third kappa shape index (κ3) is 5.10. The Labute approximate surface area is 168 Å². The Morgan fingerprint density at radius 2 is 2.00 bits per heavy atom. The molecule has 28 heavy (non-hydrogen) atoms. The fourth-order valence-corrected chi connectivity index (χ4v) is 3.85.